The molecule has 2 aliphatic rings. The number of hydrogen-bond acceptors (Lipinski definition) is 3. The van der Waals surface area contributed by atoms with Crippen molar-refractivity contribution in [3.05, 3.63) is 81.9 Å². The molecule has 0 N–H and O–H groups in total. The van der Waals surface area contributed by atoms with Crippen LogP contribution in [0.3, 0.4) is 0 Å². The molecule has 0 aromatic heterocycles. The number of carbonyl (C=O) groups is 3. The third-order valence-electron chi connectivity index (χ3n) is 4.08. The lowest BCUT2D eigenvalue weighted by atomic mass is 9.75. The van der Waals surface area contributed by atoms with E-state index < -0.39 is 0 Å². The molecule has 0 saturated carbocycles. The average Bonchev–Trinajstić information content (AvgIpc) is 2.52. The number of fused-ring (bicyclic) bond motifs is 2. The third-order valence-corrected chi connectivity index (χ3v) is 4.08. The third kappa shape index (κ3) is 1.51. The van der Waals surface area contributed by atoms with Gasteiger partial charge in [0, 0.05) is 28.7 Å². The molecule has 2 aliphatic carbocycles. The molecule has 0 bridgehead atoms. The molecule has 0 amide bonds. The Hall–Kier alpha value is -2.81. The summed E-state index contributed by atoms with van der Waals surface area (Å²) in [6.07, 6.45) is 0.343. The molecule has 0 radical (unpaired) electrons. The fourth-order valence-electron chi connectivity index (χ4n) is 3.06. The van der Waals surface area contributed by atoms with Gasteiger partial charge in [-0.25, -0.2) is 0 Å². The van der Waals surface area contributed by atoms with Crippen LogP contribution in [0.25, 0.3) is 0 Å². The smallest absolute Gasteiger partial charge is 0.198 e. The maximum absolute atomic E-state index is 12.6. The van der Waals surface area contributed by atoms with Crippen LogP contribution in [0.5, 0.6) is 0 Å². The molecule has 2 aromatic rings. The quantitative estimate of drug-likeness (QED) is 0.694. The van der Waals surface area contributed by atoms with Gasteiger partial charge >= 0.3 is 0 Å². The molecule has 3 nitrogen and oxygen atoms in total. The summed E-state index contributed by atoms with van der Waals surface area (Å²) in [6.45, 7) is 0. The molecule has 0 fully saturated rings. The normalized spacial score (nSPS) is 16.5. The zero-order chi connectivity index (χ0) is 14.6. The highest BCUT2D eigenvalue weighted by molar-refractivity contribution is 6.40. The van der Waals surface area contributed by atoms with Crippen molar-refractivity contribution in [1.82, 2.24) is 0 Å². The Morgan fingerprint density at radius 1 is 0.619 bits per heavy atom. The van der Waals surface area contributed by atoms with E-state index in [1.165, 1.54) is 0 Å². The van der Waals surface area contributed by atoms with E-state index in [4.69, 9.17) is 0 Å². The van der Waals surface area contributed by atoms with E-state index >= 15 is 0 Å². The van der Waals surface area contributed by atoms with E-state index in [-0.39, 0.29) is 22.9 Å². The Kier molecular flexibility index (Phi) is 2.33. The Labute approximate surface area is 120 Å². The molecule has 0 saturated heterocycles. The Bertz CT molecular complexity index is 862. The summed E-state index contributed by atoms with van der Waals surface area (Å²) in [6, 6.07) is 13.8. The van der Waals surface area contributed by atoms with E-state index in [2.05, 4.69) is 0 Å². The van der Waals surface area contributed by atoms with Gasteiger partial charge in [0.2, 0.25) is 0 Å². The molecule has 3 heteroatoms. The first-order valence-electron chi connectivity index (χ1n) is 6.72. The summed E-state index contributed by atoms with van der Waals surface area (Å²) >= 11 is 0. The molecule has 0 spiro atoms. The van der Waals surface area contributed by atoms with Gasteiger partial charge in [-0.2, -0.15) is 0 Å². The average molecular weight is 274 g/mol. The van der Waals surface area contributed by atoms with E-state index in [9.17, 15) is 14.4 Å². The molecular weight excluding hydrogens is 264 g/mol. The summed E-state index contributed by atoms with van der Waals surface area (Å²) < 4.78 is 0. The van der Waals surface area contributed by atoms with Crippen LogP contribution in [-0.2, 0) is 6.42 Å². The topological polar surface area (TPSA) is 51.2 Å². The molecule has 4 rings (SSSR count). The fourth-order valence-corrected chi connectivity index (χ4v) is 3.06. The van der Waals surface area contributed by atoms with Crippen LogP contribution >= 0.6 is 0 Å². The van der Waals surface area contributed by atoms with Crippen LogP contribution in [0.15, 0.2) is 59.7 Å². The molecular formula is C18H10O3. The molecule has 2 aromatic carbocycles. The van der Waals surface area contributed by atoms with Crippen molar-refractivity contribution in [2.75, 3.05) is 0 Å². The minimum absolute atomic E-state index is 0.0531. The molecule has 0 unspecified atom stereocenters. The molecule has 100 valence electrons. The van der Waals surface area contributed by atoms with Gasteiger partial charge in [-0.1, -0.05) is 48.5 Å². The van der Waals surface area contributed by atoms with Crippen LogP contribution in [0.1, 0.15) is 36.6 Å². The van der Waals surface area contributed by atoms with E-state index in [0.717, 1.165) is 5.56 Å². The summed E-state index contributed by atoms with van der Waals surface area (Å²) in [7, 11) is 0. The highest BCUT2D eigenvalue weighted by atomic mass is 16.2. The number of benzene rings is 2. The minimum atomic E-state index is -0.334. The number of rotatable bonds is 0. The van der Waals surface area contributed by atoms with Crippen molar-refractivity contribution in [3.63, 3.8) is 0 Å². The first-order chi connectivity index (χ1) is 10.2. The number of allylic oxidation sites excluding steroid dienone is 2. The second kappa shape index (κ2) is 4.09. The lowest BCUT2D eigenvalue weighted by Crippen LogP contribution is -2.31. The van der Waals surface area contributed by atoms with Gasteiger partial charge in [0.25, 0.3) is 0 Å². The van der Waals surface area contributed by atoms with Crippen molar-refractivity contribution in [2.45, 2.75) is 6.42 Å². The van der Waals surface area contributed by atoms with Crippen molar-refractivity contribution in [3.8, 4) is 0 Å². The van der Waals surface area contributed by atoms with Crippen LogP contribution in [-0.4, -0.2) is 17.3 Å². The van der Waals surface area contributed by atoms with Crippen LogP contribution < -0.4 is 0 Å². The summed E-state index contributed by atoms with van der Waals surface area (Å²) in [5, 5.41) is 0. The van der Waals surface area contributed by atoms with Crippen molar-refractivity contribution in [2.24, 2.45) is 0 Å². The lowest BCUT2D eigenvalue weighted by Gasteiger charge is -2.25. The zero-order valence-corrected chi connectivity index (χ0v) is 11.1. The Morgan fingerprint density at radius 3 is 1.86 bits per heavy atom. The molecule has 21 heavy (non-hydrogen) atoms. The van der Waals surface area contributed by atoms with Gasteiger partial charge in [-0.3, -0.25) is 14.4 Å². The maximum atomic E-state index is 12.6. The first kappa shape index (κ1) is 12.0. The first-order valence-corrected chi connectivity index (χ1v) is 6.72. The number of Topliss-reactive ketones (excluding diaryl/α,β-unsaturated/α-hetero) is 3. The maximum Gasteiger partial charge on any atom is 0.198 e. The van der Waals surface area contributed by atoms with Crippen LogP contribution in [0.2, 0.25) is 0 Å². The second-order valence-electron chi connectivity index (χ2n) is 5.22. The SMILES string of the molecule is O=C1C2=C(Cc3ccccc31)C(=O)c1ccccc1C2=O. The largest absolute Gasteiger partial charge is 0.289 e. The lowest BCUT2D eigenvalue weighted by molar-refractivity contribution is 0.0921. The number of carbonyl (C=O) groups excluding carboxylic acids is 3. The monoisotopic (exact) mass is 274 g/mol. The number of ketones is 3. The van der Waals surface area contributed by atoms with Gasteiger partial charge in [0.15, 0.2) is 17.3 Å². The molecule has 0 atom stereocenters. The fraction of sp³-hybridized carbons (Fsp3) is 0.0556. The van der Waals surface area contributed by atoms with Gasteiger partial charge in [0.05, 0.1) is 5.57 Å². The molecule has 0 heterocycles. The Balaban J connectivity index is 1.97. The van der Waals surface area contributed by atoms with E-state index in [0.29, 0.717) is 28.7 Å². The second-order valence-corrected chi connectivity index (χ2v) is 5.22. The minimum Gasteiger partial charge on any atom is -0.289 e. The summed E-state index contributed by atoms with van der Waals surface area (Å²) in [4.78, 5) is 37.8. The van der Waals surface area contributed by atoms with Crippen molar-refractivity contribution in [1.29, 1.82) is 0 Å². The van der Waals surface area contributed by atoms with Crippen LogP contribution in [0.4, 0.5) is 0 Å². The van der Waals surface area contributed by atoms with Crippen molar-refractivity contribution >= 4 is 17.3 Å². The summed E-state index contributed by atoms with van der Waals surface area (Å²) in [5.41, 5.74) is 2.45. The highest BCUT2D eigenvalue weighted by Crippen LogP contribution is 2.34. The number of hydrogen-bond donors (Lipinski definition) is 0. The van der Waals surface area contributed by atoms with Gasteiger partial charge in [-0.05, 0) is 5.56 Å². The van der Waals surface area contributed by atoms with Gasteiger partial charge < -0.3 is 0 Å². The van der Waals surface area contributed by atoms with Crippen molar-refractivity contribution < 1.29 is 14.4 Å². The van der Waals surface area contributed by atoms with Gasteiger partial charge in [0.1, 0.15) is 0 Å². The van der Waals surface area contributed by atoms with E-state index in [1.807, 2.05) is 12.1 Å². The van der Waals surface area contributed by atoms with Gasteiger partial charge in [-0.15, -0.1) is 0 Å². The highest BCUT2D eigenvalue weighted by Gasteiger charge is 2.39. The predicted octanol–water partition coefficient (Wildman–Crippen LogP) is 2.80. The summed E-state index contributed by atoms with van der Waals surface area (Å²) in [5.74, 6) is -0.873. The van der Waals surface area contributed by atoms with Crippen LogP contribution in [0, 0.1) is 0 Å². The molecule has 0 aliphatic heterocycles. The zero-order valence-electron chi connectivity index (χ0n) is 11.1. The Morgan fingerprint density at radius 2 is 1.14 bits per heavy atom. The van der Waals surface area contributed by atoms with E-state index in [1.54, 1.807) is 36.4 Å². The standard InChI is InChI=1S/C18H10O3/c19-16-12-7-3-4-8-13(12)18(21)15-14(16)9-10-5-1-2-6-11(10)17(15)20/h1-8H,9H2. The predicted molar refractivity (Wildman–Crippen MR) is 76.6 cm³/mol.